The number of ether oxygens (including phenoxy) is 1. The third-order valence-corrected chi connectivity index (χ3v) is 3.87. The van der Waals surface area contributed by atoms with E-state index in [9.17, 15) is 4.79 Å². The first-order chi connectivity index (χ1) is 10.4. The Balaban J connectivity index is 2.07. The molecule has 3 nitrogen and oxygen atoms in total. The quantitative estimate of drug-likeness (QED) is 0.912. The molecule has 2 aromatic carbocycles. The average molecular weight is 297 g/mol. The van der Waals surface area contributed by atoms with Gasteiger partial charge in [0.2, 0.25) is 0 Å². The van der Waals surface area contributed by atoms with Crippen LogP contribution in [0.15, 0.2) is 36.4 Å². The molecule has 3 heteroatoms. The van der Waals surface area contributed by atoms with Gasteiger partial charge in [0.05, 0.1) is 0 Å². The number of benzene rings is 2. The molecule has 0 aliphatic carbocycles. The van der Waals surface area contributed by atoms with Crippen molar-refractivity contribution in [3.63, 3.8) is 0 Å². The van der Waals surface area contributed by atoms with Crippen LogP contribution in [0.4, 0.5) is 5.69 Å². The molecule has 1 amide bonds. The van der Waals surface area contributed by atoms with Crippen LogP contribution in [0.25, 0.3) is 0 Å². The Bertz CT molecular complexity index is 692. The highest BCUT2D eigenvalue weighted by molar-refractivity contribution is 5.94. The maximum atomic E-state index is 12.3. The van der Waals surface area contributed by atoms with Crippen molar-refractivity contribution in [2.45, 2.75) is 40.7 Å². The molecule has 0 aliphatic rings. The minimum absolute atomic E-state index is 0.146. The Morgan fingerprint density at radius 1 is 1.05 bits per heavy atom. The number of aryl methyl sites for hydroxylation is 3. The van der Waals surface area contributed by atoms with Gasteiger partial charge in [-0.15, -0.1) is 0 Å². The Labute approximate surface area is 132 Å². The van der Waals surface area contributed by atoms with E-state index in [0.29, 0.717) is 0 Å². The maximum Gasteiger partial charge on any atom is 0.265 e. The molecule has 0 radical (unpaired) electrons. The molecule has 22 heavy (non-hydrogen) atoms. The second kappa shape index (κ2) is 6.65. The van der Waals surface area contributed by atoms with Crippen molar-refractivity contribution < 1.29 is 9.53 Å². The summed E-state index contributed by atoms with van der Waals surface area (Å²) in [4.78, 5) is 12.3. The molecule has 0 fully saturated rings. The first kappa shape index (κ1) is 16.1. The number of carbonyl (C=O) groups is 1. The minimum Gasteiger partial charge on any atom is -0.481 e. The lowest BCUT2D eigenvalue weighted by molar-refractivity contribution is -0.122. The van der Waals surface area contributed by atoms with Gasteiger partial charge >= 0.3 is 0 Å². The van der Waals surface area contributed by atoms with Gasteiger partial charge in [0, 0.05) is 5.69 Å². The van der Waals surface area contributed by atoms with Crippen LogP contribution in [-0.4, -0.2) is 12.0 Å². The van der Waals surface area contributed by atoms with E-state index in [2.05, 4.69) is 5.32 Å². The first-order valence-electron chi connectivity index (χ1n) is 7.49. The summed E-state index contributed by atoms with van der Waals surface area (Å²) in [5, 5.41) is 2.93. The third kappa shape index (κ3) is 3.67. The van der Waals surface area contributed by atoms with E-state index in [0.717, 1.165) is 28.1 Å². The summed E-state index contributed by atoms with van der Waals surface area (Å²) in [7, 11) is 0. The first-order valence-corrected chi connectivity index (χ1v) is 7.49. The van der Waals surface area contributed by atoms with E-state index in [1.807, 2.05) is 64.1 Å². The lowest BCUT2D eigenvalue weighted by Gasteiger charge is -2.18. The lowest BCUT2D eigenvalue weighted by atomic mass is 10.1. The van der Waals surface area contributed by atoms with Crippen LogP contribution in [0.1, 0.15) is 29.2 Å². The summed E-state index contributed by atoms with van der Waals surface area (Å²) in [6, 6.07) is 11.8. The lowest BCUT2D eigenvalue weighted by Crippen LogP contribution is -2.30. The topological polar surface area (TPSA) is 38.3 Å². The van der Waals surface area contributed by atoms with Crippen LogP contribution in [0.5, 0.6) is 5.75 Å². The summed E-state index contributed by atoms with van der Waals surface area (Å²) in [6.07, 6.45) is -0.554. The molecule has 116 valence electrons. The van der Waals surface area contributed by atoms with Crippen LogP contribution in [0, 0.1) is 27.7 Å². The van der Waals surface area contributed by atoms with Crippen molar-refractivity contribution >= 4 is 11.6 Å². The molecule has 0 spiro atoms. The van der Waals surface area contributed by atoms with Crippen molar-refractivity contribution in [1.82, 2.24) is 0 Å². The van der Waals surface area contributed by atoms with E-state index in [1.165, 1.54) is 5.56 Å². The number of nitrogens with one attached hydrogen (secondary N) is 1. The summed E-state index contributed by atoms with van der Waals surface area (Å²) < 4.78 is 5.81. The van der Waals surface area contributed by atoms with Crippen LogP contribution in [0.3, 0.4) is 0 Å². The van der Waals surface area contributed by atoms with Gasteiger partial charge in [-0.2, -0.15) is 0 Å². The molecule has 0 saturated heterocycles. The zero-order valence-corrected chi connectivity index (χ0v) is 13.9. The molecule has 0 unspecified atom stereocenters. The molecule has 0 aliphatic heterocycles. The molecule has 0 heterocycles. The van der Waals surface area contributed by atoms with Crippen molar-refractivity contribution in [3.05, 3.63) is 58.7 Å². The van der Waals surface area contributed by atoms with Crippen LogP contribution in [0.2, 0.25) is 0 Å². The highest BCUT2D eigenvalue weighted by Crippen LogP contribution is 2.22. The van der Waals surface area contributed by atoms with E-state index < -0.39 is 6.10 Å². The second-order valence-electron chi connectivity index (χ2n) is 5.77. The average Bonchev–Trinajstić information content (AvgIpc) is 2.46. The Hall–Kier alpha value is -2.29. The Morgan fingerprint density at radius 3 is 2.45 bits per heavy atom. The number of hydrogen-bond acceptors (Lipinski definition) is 2. The van der Waals surface area contributed by atoms with Crippen molar-refractivity contribution in [1.29, 1.82) is 0 Å². The number of hydrogen-bond donors (Lipinski definition) is 1. The van der Waals surface area contributed by atoms with Gasteiger partial charge in [-0.05, 0) is 63.4 Å². The van der Waals surface area contributed by atoms with Crippen molar-refractivity contribution in [3.8, 4) is 5.75 Å². The van der Waals surface area contributed by atoms with E-state index in [4.69, 9.17) is 4.74 Å². The fourth-order valence-corrected chi connectivity index (χ4v) is 2.28. The summed E-state index contributed by atoms with van der Waals surface area (Å²) in [6.45, 7) is 9.81. The monoisotopic (exact) mass is 297 g/mol. The van der Waals surface area contributed by atoms with Crippen LogP contribution in [-0.2, 0) is 4.79 Å². The number of rotatable bonds is 4. The number of anilines is 1. The predicted molar refractivity (Wildman–Crippen MR) is 90.6 cm³/mol. The fraction of sp³-hybridized carbons (Fsp3) is 0.316. The van der Waals surface area contributed by atoms with E-state index in [-0.39, 0.29) is 5.91 Å². The fourth-order valence-electron chi connectivity index (χ4n) is 2.28. The molecule has 0 aromatic heterocycles. The van der Waals surface area contributed by atoms with Gasteiger partial charge in [-0.3, -0.25) is 4.79 Å². The molecule has 0 bridgehead atoms. The summed E-state index contributed by atoms with van der Waals surface area (Å²) in [5.74, 6) is 0.608. The SMILES string of the molecule is Cc1ccc(NC(=O)[C@H](C)Oc2cccc(C)c2C)c(C)c1. The number of carbonyl (C=O) groups excluding carboxylic acids is 1. The normalized spacial score (nSPS) is 11.9. The van der Waals surface area contributed by atoms with Gasteiger partial charge in [-0.1, -0.05) is 29.8 Å². The zero-order valence-electron chi connectivity index (χ0n) is 13.9. The highest BCUT2D eigenvalue weighted by atomic mass is 16.5. The minimum atomic E-state index is -0.554. The molecular formula is C19H23NO2. The molecule has 2 aromatic rings. The van der Waals surface area contributed by atoms with Crippen LogP contribution < -0.4 is 10.1 Å². The Morgan fingerprint density at radius 2 is 1.77 bits per heavy atom. The zero-order chi connectivity index (χ0) is 16.3. The van der Waals surface area contributed by atoms with Gasteiger partial charge in [-0.25, -0.2) is 0 Å². The standard InChI is InChI=1S/C19H23NO2/c1-12-9-10-17(14(3)11-12)20-19(21)16(5)22-18-8-6-7-13(2)15(18)4/h6-11,16H,1-5H3,(H,20,21)/t16-/m0/s1. The number of amides is 1. The van der Waals surface area contributed by atoms with Crippen molar-refractivity contribution in [2.24, 2.45) is 0 Å². The molecule has 1 N–H and O–H groups in total. The van der Waals surface area contributed by atoms with Gasteiger partial charge in [0.1, 0.15) is 5.75 Å². The smallest absolute Gasteiger partial charge is 0.265 e. The maximum absolute atomic E-state index is 12.3. The predicted octanol–water partition coefficient (Wildman–Crippen LogP) is 4.33. The summed E-state index contributed by atoms with van der Waals surface area (Å²) >= 11 is 0. The van der Waals surface area contributed by atoms with E-state index in [1.54, 1.807) is 6.92 Å². The van der Waals surface area contributed by atoms with Crippen LogP contribution >= 0.6 is 0 Å². The third-order valence-electron chi connectivity index (χ3n) is 3.87. The molecule has 1 atom stereocenters. The molecule has 0 saturated carbocycles. The second-order valence-corrected chi connectivity index (χ2v) is 5.77. The van der Waals surface area contributed by atoms with Gasteiger partial charge < -0.3 is 10.1 Å². The van der Waals surface area contributed by atoms with Crippen molar-refractivity contribution in [2.75, 3.05) is 5.32 Å². The molecular weight excluding hydrogens is 274 g/mol. The summed E-state index contributed by atoms with van der Waals surface area (Å²) in [5.41, 5.74) is 5.27. The van der Waals surface area contributed by atoms with Gasteiger partial charge in [0.15, 0.2) is 6.10 Å². The van der Waals surface area contributed by atoms with Gasteiger partial charge in [0.25, 0.3) is 5.91 Å². The highest BCUT2D eigenvalue weighted by Gasteiger charge is 2.16. The van der Waals surface area contributed by atoms with E-state index >= 15 is 0 Å². The largest absolute Gasteiger partial charge is 0.481 e. The Kier molecular flexibility index (Phi) is 4.86. The molecule has 2 rings (SSSR count).